The third-order valence-corrected chi connectivity index (χ3v) is 2.83. The predicted molar refractivity (Wildman–Crippen MR) is 61.8 cm³/mol. The zero-order valence-electron chi connectivity index (χ0n) is 9.47. The molecule has 0 spiro atoms. The number of urea groups is 1. The number of aliphatic carboxylic acids is 1. The van der Waals surface area contributed by atoms with E-state index in [1.54, 1.807) is 24.3 Å². The maximum atomic E-state index is 11.4. The minimum atomic E-state index is -1.57. The quantitative estimate of drug-likeness (QED) is 0.716. The van der Waals surface area contributed by atoms with E-state index in [0.717, 1.165) is 5.56 Å². The fraction of sp³-hybridized carbons (Fsp3) is 0.250. The van der Waals surface area contributed by atoms with Crippen molar-refractivity contribution in [3.63, 3.8) is 0 Å². The van der Waals surface area contributed by atoms with Gasteiger partial charge in [-0.15, -0.1) is 0 Å². The van der Waals surface area contributed by atoms with Crippen LogP contribution in [-0.2, 0) is 16.0 Å². The van der Waals surface area contributed by atoms with Crippen molar-refractivity contribution in [3.8, 4) is 0 Å². The number of rotatable bonds is 3. The Bertz CT molecular complexity index is 482. The largest absolute Gasteiger partial charge is 0.479 e. The molecule has 1 aromatic carbocycles. The Hall–Kier alpha value is -2.37. The highest BCUT2D eigenvalue weighted by Gasteiger charge is 2.45. The van der Waals surface area contributed by atoms with Crippen LogP contribution in [0, 0.1) is 0 Å². The van der Waals surface area contributed by atoms with Crippen LogP contribution in [0.3, 0.4) is 0 Å². The summed E-state index contributed by atoms with van der Waals surface area (Å²) in [6.07, 6.45) is -0.203. The first-order chi connectivity index (χ1) is 8.52. The molecule has 3 N–H and O–H groups in total. The molecule has 0 radical (unpaired) electrons. The van der Waals surface area contributed by atoms with E-state index in [1.165, 1.54) is 0 Å². The molecule has 1 unspecified atom stereocenters. The van der Waals surface area contributed by atoms with Crippen LogP contribution < -0.4 is 10.6 Å². The molecule has 1 atom stereocenters. The number of carboxylic acid groups (broad SMARTS) is 1. The maximum Gasteiger partial charge on any atom is 0.330 e. The maximum absolute atomic E-state index is 11.4. The lowest BCUT2D eigenvalue weighted by molar-refractivity contribution is -0.147. The third-order valence-electron chi connectivity index (χ3n) is 2.83. The average Bonchev–Trinajstić information content (AvgIpc) is 2.28. The average molecular weight is 248 g/mol. The Morgan fingerprint density at radius 2 is 1.94 bits per heavy atom. The Balaban J connectivity index is 2.30. The van der Waals surface area contributed by atoms with Gasteiger partial charge in [0.15, 0.2) is 5.54 Å². The predicted octanol–water partition coefficient (Wildman–Crippen LogP) is 0.282. The molecule has 6 nitrogen and oxygen atoms in total. The second kappa shape index (κ2) is 4.48. The second-order valence-electron chi connectivity index (χ2n) is 4.23. The summed E-state index contributed by atoms with van der Waals surface area (Å²) >= 11 is 0. The summed E-state index contributed by atoms with van der Waals surface area (Å²) in [6.45, 7) is 0. The summed E-state index contributed by atoms with van der Waals surface area (Å²) in [6, 6.07) is 8.09. The Morgan fingerprint density at radius 1 is 1.28 bits per heavy atom. The van der Waals surface area contributed by atoms with Gasteiger partial charge in [-0.2, -0.15) is 0 Å². The zero-order valence-corrected chi connectivity index (χ0v) is 9.47. The van der Waals surface area contributed by atoms with E-state index in [4.69, 9.17) is 0 Å². The van der Waals surface area contributed by atoms with Crippen molar-refractivity contribution in [3.05, 3.63) is 35.9 Å². The zero-order chi connectivity index (χ0) is 13.2. The Kier molecular flexibility index (Phi) is 3.01. The van der Waals surface area contributed by atoms with Crippen LogP contribution in [0.15, 0.2) is 30.3 Å². The number of carboxylic acids is 1. The van der Waals surface area contributed by atoms with Gasteiger partial charge in [0, 0.05) is 6.42 Å². The smallest absolute Gasteiger partial charge is 0.330 e. The molecule has 2 rings (SSSR count). The molecule has 18 heavy (non-hydrogen) atoms. The number of nitrogens with one attached hydrogen (secondary N) is 2. The number of hydrogen-bond donors (Lipinski definition) is 3. The van der Waals surface area contributed by atoms with E-state index < -0.39 is 23.4 Å². The molecule has 1 aliphatic heterocycles. The van der Waals surface area contributed by atoms with E-state index in [1.807, 2.05) is 11.4 Å². The first-order valence-corrected chi connectivity index (χ1v) is 5.41. The molecule has 0 aliphatic carbocycles. The van der Waals surface area contributed by atoms with Crippen LogP contribution in [0.2, 0.25) is 0 Å². The van der Waals surface area contributed by atoms with Crippen LogP contribution >= 0.6 is 0 Å². The number of imide groups is 1. The van der Waals surface area contributed by atoms with Crippen molar-refractivity contribution < 1.29 is 19.5 Å². The van der Waals surface area contributed by atoms with Crippen molar-refractivity contribution >= 4 is 17.9 Å². The van der Waals surface area contributed by atoms with Gasteiger partial charge < -0.3 is 10.4 Å². The van der Waals surface area contributed by atoms with Crippen LogP contribution in [0.25, 0.3) is 0 Å². The molecule has 94 valence electrons. The van der Waals surface area contributed by atoms with Gasteiger partial charge in [-0.1, -0.05) is 30.3 Å². The van der Waals surface area contributed by atoms with Crippen LogP contribution in [-0.4, -0.2) is 28.6 Å². The third kappa shape index (κ3) is 2.32. The van der Waals surface area contributed by atoms with Crippen LogP contribution in [0.4, 0.5) is 4.79 Å². The molecule has 0 saturated carbocycles. The van der Waals surface area contributed by atoms with Crippen molar-refractivity contribution in [2.75, 3.05) is 0 Å². The molecule has 3 amide bonds. The molecule has 0 bridgehead atoms. The minimum Gasteiger partial charge on any atom is -0.479 e. The number of carbonyl (C=O) groups excluding carboxylic acids is 2. The highest BCUT2D eigenvalue weighted by atomic mass is 16.4. The van der Waals surface area contributed by atoms with Gasteiger partial charge in [-0.25, -0.2) is 9.59 Å². The SMILES string of the molecule is O=C1CC(Cc2ccccc2)(C(=O)O)NC(=O)N1. The number of amides is 3. The lowest BCUT2D eigenvalue weighted by Gasteiger charge is -2.33. The number of benzene rings is 1. The van der Waals surface area contributed by atoms with Gasteiger partial charge in [-0.3, -0.25) is 10.1 Å². The standard InChI is InChI=1S/C12H12N2O4/c15-9-7-12(10(16)17,14-11(18)13-9)6-8-4-2-1-3-5-8/h1-5H,6-7H2,(H,16,17)(H2,13,14,15,18). The molecular formula is C12H12N2O4. The molecule has 1 heterocycles. The van der Waals surface area contributed by atoms with Gasteiger partial charge in [0.05, 0.1) is 6.42 Å². The van der Waals surface area contributed by atoms with Crippen LogP contribution in [0.5, 0.6) is 0 Å². The highest BCUT2D eigenvalue weighted by Crippen LogP contribution is 2.20. The molecule has 1 aromatic rings. The monoisotopic (exact) mass is 248 g/mol. The molecule has 1 saturated heterocycles. The number of carbonyl (C=O) groups is 3. The van der Waals surface area contributed by atoms with Gasteiger partial charge >= 0.3 is 12.0 Å². The van der Waals surface area contributed by atoms with Crippen molar-refractivity contribution in [2.24, 2.45) is 0 Å². The van der Waals surface area contributed by atoms with E-state index in [9.17, 15) is 19.5 Å². The Morgan fingerprint density at radius 3 is 2.50 bits per heavy atom. The summed E-state index contributed by atoms with van der Waals surface area (Å²) in [7, 11) is 0. The molecule has 1 fully saturated rings. The molecule has 6 heteroatoms. The fourth-order valence-corrected chi connectivity index (χ4v) is 1.99. The van der Waals surface area contributed by atoms with Crippen molar-refractivity contribution in [1.29, 1.82) is 0 Å². The van der Waals surface area contributed by atoms with Gasteiger partial charge in [0.25, 0.3) is 0 Å². The summed E-state index contributed by atoms with van der Waals surface area (Å²) < 4.78 is 0. The number of hydrogen-bond acceptors (Lipinski definition) is 3. The first-order valence-electron chi connectivity index (χ1n) is 5.41. The lowest BCUT2D eigenvalue weighted by Crippen LogP contribution is -2.65. The van der Waals surface area contributed by atoms with E-state index >= 15 is 0 Å². The minimum absolute atomic E-state index is 0.0718. The van der Waals surface area contributed by atoms with Gasteiger partial charge in [0.1, 0.15) is 0 Å². The summed E-state index contributed by atoms with van der Waals surface area (Å²) in [4.78, 5) is 34.0. The first kappa shape index (κ1) is 12.1. The lowest BCUT2D eigenvalue weighted by atomic mass is 9.86. The molecule has 1 aliphatic rings. The Labute approximate surface area is 103 Å². The fourth-order valence-electron chi connectivity index (χ4n) is 1.99. The van der Waals surface area contributed by atoms with Crippen molar-refractivity contribution in [1.82, 2.24) is 10.6 Å². The van der Waals surface area contributed by atoms with E-state index in [2.05, 4.69) is 5.32 Å². The normalized spacial score (nSPS) is 23.1. The summed E-state index contributed by atoms with van der Waals surface area (Å²) in [5.41, 5.74) is -0.823. The van der Waals surface area contributed by atoms with Gasteiger partial charge in [-0.05, 0) is 5.56 Å². The van der Waals surface area contributed by atoms with E-state index in [-0.39, 0.29) is 12.8 Å². The second-order valence-corrected chi connectivity index (χ2v) is 4.23. The highest BCUT2D eigenvalue weighted by molar-refractivity contribution is 6.03. The topological polar surface area (TPSA) is 95.5 Å². The van der Waals surface area contributed by atoms with Crippen molar-refractivity contribution in [2.45, 2.75) is 18.4 Å². The van der Waals surface area contributed by atoms with Gasteiger partial charge in [0.2, 0.25) is 5.91 Å². The molecule has 0 aromatic heterocycles. The summed E-state index contributed by atoms with van der Waals surface area (Å²) in [5, 5.41) is 13.7. The van der Waals surface area contributed by atoms with Crippen LogP contribution in [0.1, 0.15) is 12.0 Å². The summed E-state index contributed by atoms with van der Waals surface area (Å²) in [5.74, 6) is -1.80. The molecular weight excluding hydrogens is 236 g/mol. The van der Waals surface area contributed by atoms with E-state index in [0.29, 0.717) is 0 Å².